The quantitative estimate of drug-likeness (QED) is 0.349. The molecule has 0 atom stereocenters. The van der Waals surface area contributed by atoms with Crippen LogP contribution in [-0.4, -0.2) is 31.2 Å². The second kappa shape index (κ2) is 7.28. The summed E-state index contributed by atoms with van der Waals surface area (Å²) in [5, 5.41) is 10.5. The van der Waals surface area contributed by atoms with Gasteiger partial charge in [0.1, 0.15) is 5.02 Å². The molecule has 0 heterocycles. The van der Waals surface area contributed by atoms with Crippen LogP contribution in [0.3, 0.4) is 0 Å². The lowest BCUT2D eigenvalue weighted by molar-refractivity contribution is -0.384. The molecule has 0 aliphatic rings. The van der Waals surface area contributed by atoms with Gasteiger partial charge in [-0.2, -0.15) is 0 Å². The first kappa shape index (κ1) is 15.7. The van der Waals surface area contributed by atoms with Crippen molar-refractivity contribution in [3.8, 4) is 0 Å². The van der Waals surface area contributed by atoms with Gasteiger partial charge in [0.2, 0.25) is 0 Å². The number of methoxy groups -OCH3 is 1. The molecule has 0 spiro atoms. The van der Waals surface area contributed by atoms with Gasteiger partial charge in [-0.25, -0.2) is 4.79 Å². The highest BCUT2D eigenvalue weighted by Gasteiger charge is 2.20. The smallest absolute Gasteiger partial charge is 0.338 e. The summed E-state index contributed by atoms with van der Waals surface area (Å²) >= 11 is 11.4. The van der Waals surface area contributed by atoms with Gasteiger partial charge in [0, 0.05) is 26.2 Å². The second-order valence-corrected chi connectivity index (χ2v) is 4.32. The Balaban J connectivity index is 2.83. The van der Waals surface area contributed by atoms with Gasteiger partial charge in [-0.3, -0.25) is 10.1 Å². The van der Waals surface area contributed by atoms with Crippen molar-refractivity contribution in [2.75, 3.05) is 20.3 Å². The zero-order valence-electron chi connectivity index (χ0n) is 10.0. The number of nitro groups is 1. The zero-order valence-corrected chi connectivity index (χ0v) is 11.5. The lowest BCUT2D eigenvalue weighted by atomic mass is 10.2. The van der Waals surface area contributed by atoms with Crippen molar-refractivity contribution in [2.24, 2.45) is 0 Å². The molecule has 0 bridgehead atoms. The summed E-state index contributed by atoms with van der Waals surface area (Å²) in [5.74, 6) is -0.697. The highest BCUT2D eigenvalue weighted by Crippen LogP contribution is 2.33. The summed E-state index contributed by atoms with van der Waals surface area (Å²) in [6, 6.07) is 2.27. The highest BCUT2D eigenvalue weighted by molar-refractivity contribution is 6.43. The molecule has 1 rings (SSSR count). The first-order chi connectivity index (χ1) is 8.97. The Kier molecular flexibility index (Phi) is 6.01. The minimum absolute atomic E-state index is 0.0153. The number of nitro benzene ring substituents is 1. The van der Waals surface area contributed by atoms with Crippen molar-refractivity contribution in [1.82, 2.24) is 0 Å². The van der Waals surface area contributed by atoms with E-state index in [1.807, 2.05) is 0 Å². The number of benzene rings is 1. The molecular weight excluding hydrogens is 297 g/mol. The van der Waals surface area contributed by atoms with E-state index in [0.717, 1.165) is 6.07 Å². The highest BCUT2D eigenvalue weighted by atomic mass is 35.5. The summed E-state index contributed by atoms with van der Waals surface area (Å²) in [6.07, 6.45) is 0.533. The van der Waals surface area contributed by atoms with Crippen molar-refractivity contribution in [3.05, 3.63) is 37.9 Å². The number of nitrogens with zero attached hydrogens (tertiary/aromatic N) is 1. The van der Waals surface area contributed by atoms with E-state index in [-0.39, 0.29) is 22.2 Å². The molecule has 0 unspecified atom stereocenters. The maximum atomic E-state index is 11.7. The van der Waals surface area contributed by atoms with Gasteiger partial charge >= 0.3 is 5.97 Å². The summed E-state index contributed by atoms with van der Waals surface area (Å²) in [6.45, 7) is 0.607. The molecule has 0 aliphatic carbocycles. The van der Waals surface area contributed by atoms with Crippen LogP contribution in [0.25, 0.3) is 0 Å². The summed E-state index contributed by atoms with van der Waals surface area (Å²) in [4.78, 5) is 21.7. The molecule has 104 valence electrons. The van der Waals surface area contributed by atoms with Crippen LogP contribution >= 0.6 is 23.2 Å². The Morgan fingerprint density at radius 1 is 1.37 bits per heavy atom. The number of rotatable bonds is 6. The lowest BCUT2D eigenvalue weighted by Crippen LogP contribution is -2.08. The van der Waals surface area contributed by atoms with Gasteiger partial charge in [0.15, 0.2) is 0 Å². The topological polar surface area (TPSA) is 78.7 Å². The number of halogens is 2. The monoisotopic (exact) mass is 307 g/mol. The van der Waals surface area contributed by atoms with Crippen LogP contribution in [0.1, 0.15) is 16.8 Å². The molecule has 0 N–H and O–H groups in total. The fraction of sp³-hybridized carbons (Fsp3) is 0.364. The zero-order chi connectivity index (χ0) is 14.4. The maximum Gasteiger partial charge on any atom is 0.338 e. The third-order valence-electron chi connectivity index (χ3n) is 2.17. The van der Waals surface area contributed by atoms with Crippen LogP contribution in [0.2, 0.25) is 10.0 Å². The van der Waals surface area contributed by atoms with Gasteiger partial charge < -0.3 is 9.47 Å². The first-order valence-corrected chi connectivity index (χ1v) is 6.02. The summed E-state index contributed by atoms with van der Waals surface area (Å²) in [5.41, 5.74) is -0.448. The van der Waals surface area contributed by atoms with Gasteiger partial charge in [-0.05, 0) is 6.07 Å². The second-order valence-electron chi connectivity index (χ2n) is 3.53. The van der Waals surface area contributed by atoms with Gasteiger partial charge in [0.05, 0.1) is 22.1 Å². The van der Waals surface area contributed by atoms with E-state index in [2.05, 4.69) is 0 Å². The van der Waals surface area contributed by atoms with Crippen LogP contribution < -0.4 is 0 Å². The van der Waals surface area contributed by atoms with E-state index < -0.39 is 16.6 Å². The van der Waals surface area contributed by atoms with Crippen LogP contribution in [0.15, 0.2) is 12.1 Å². The van der Waals surface area contributed by atoms with Crippen LogP contribution in [0.4, 0.5) is 5.69 Å². The van der Waals surface area contributed by atoms with Crippen LogP contribution in [0.5, 0.6) is 0 Å². The lowest BCUT2D eigenvalue weighted by Gasteiger charge is -2.06. The molecule has 8 heteroatoms. The molecule has 0 saturated heterocycles. The number of esters is 1. The Bertz CT molecular complexity index is 492. The molecule has 0 radical (unpaired) electrons. The van der Waals surface area contributed by atoms with Crippen LogP contribution in [-0.2, 0) is 9.47 Å². The molecule has 0 aliphatic heterocycles. The number of ether oxygens (including phenoxy) is 2. The Morgan fingerprint density at radius 2 is 2.05 bits per heavy atom. The maximum absolute atomic E-state index is 11.7. The van der Waals surface area contributed by atoms with E-state index in [9.17, 15) is 14.9 Å². The van der Waals surface area contributed by atoms with E-state index >= 15 is 0 Å². The number of carbonyl (C=O) groups excluding carboxylic acids is 1. The molecule has 1 aromatic rings. The number of carbonyl (C=O) groups is 1. The van der Waals surface area contributed by atoms with Gasteiger partial charge in [0.25, 0.3) is 5.69 Å². The minimum Gasteiger partial charge on any atom is -0.462 e. The van der Waals surface area contributed by atoms with Gasteiger partial charge in [-0.15, -0.1) is 0 Å². The minimum atomic E-state index is -0.712. The number of hydrogen-bond acceptors (Lipinski definition) is 5. The Labute approximate surface area is 119 Å². The molecule has 0 fully saturated rings. The standard InChI is InChI=1S/C11H11Cl2NO5/c1-18-3-2-4-19-11(15)7-5-8(12)10(13)9(6-7)14(16)17/h5-6H,2-4H2,1H3. The Hall–Kier alpha value is -1.37. The third-order valence-corrected chi connectivity index (χ3v) is 2.96. The molecule has 1 aromatic carbocycles. The average Bonchev–Trinajstić information content (AvgIpc) is 2.37. The third kappa shape index (κ3) is 4.34. The molecule has 0 saturated carbocycles. The summed E-state index contributed by atoms with van der Waals surface area (Å²) < 4.78 is 9.71. The average molecular weight is 308 g/mol. The summed E-state index contributed by atoms with van der Waals surface area (Å²) in [7, 11) is 1.53. The van der Waals surface area contributed by atoms with E-state index in [4.69, 9.17) is 32.7 Å². The largest absolute Gasteiger partial charge is 0.462 e. The van der Waals surface area contributed by atoms with E-state index in [1.165, 1.54) is 13.2 Å². The molecule has 0 aromatic heterocycles. The molecule has 0 amide bonds. The van der Waals surface area contributed by atoms with Crippen molar-refractivity contribution in [1.29, 1.82) is 0 Å². The molecule has 19 heavy (non-hydrogen) atoms. The van der Waals surface area contributed by atoms with Crippen molar-refractivity contribution < 1.29 is 19.2 Å². The van der Waals surface area contributed by atoms with Crippen molar-refractivity contribution in [3.63, 3.8) is 0 Å². The number of hydrogen-bond donors (Lipinski definition) is 0. The predicted octanol–water partition coefficient (Wildman–Crippen LogP) is 3.09. The van der Waals surface area contributed by atoms with E-state index in [1.54, 1.807) is 0 Å². The SMILES string of the molecule is COCCCOC(=O)c1cc(Cl)c(Cl)c([N+](=O)[O-])c1. The fourth-order valence-electron chi connectivity index (χ4n) is 1.28. The first-order valence-electron chi connectivity index (χ1n) is 5.27. The predicted molar refractivity (Wildman–Crippen MR) is 69.9 cm³/mol. The van der Waals surface area contributed by atoms with E-state index in [0.29, 0.717) is 13.0 Å². The van der Waals surface area contributed by atoms with Gasteiger partial charge in [-0.1, -0.05) is 23.2 Å². The van der Waals surface area contributed by atoms with Crippen LogP contribution in [0, 0.1) is 10.1 Å². The van der Waals surface area contributed by atoms with Crippen molar-refractivity contribution in [2.45, 2.75) is 6.42 Å². The Morgan fingerprint density at radius 3 is 2.63 bits per heavy atom. The fourth-order valence-corrected chi connectivity index (χ4v) is 1.67. The normalized spacial score (nSPS) is 10.3. The molecular formula is C11H11Cl2NO5. The molecule has 6 nitrogen and oxygen atoms in total. The van der Waals surface area contributed by atoms with Crippen molar-refractivity contribution >= 4 is 34.9 Å².